The number of nitrogens with zero attached hydrogens (tertiary/aromatic N) is 4. The van der Waals surface area contributed by atoms with Crippen LogP contribution in [0.15, 0.2) is 143 Å². The summed E-state index contributed by atoms with van der Waals surface area (Å²) < 4.78 is 22.6. The first-order valence-electron chi connectivity index (χ1n) is 20.4. The van der Waals surface area contributed by atoms with E-state index in [1.54, 1.807) is 14.2 Å². The molecule has 2 unspecified atom stereocenters. The average molecular weight is 812 g/mol. The number of aromatic nitrogens is 4. The Bertz CT molecular complexity index is 2760. The van der Waals surface area contributed by atoms with Gasteiger partial charge in [-0.25, -0.2) is 0 Å². The van der Waals surface area contributed by atoms with Gasteiger partial charge in [0, 0.05) is 49.1 Å². The Balaban J connectivity index is 0.898. The van der Waals surface area contributed by atoms with Crippen LogP contribution in [0.4, 0.5) is 0 Å². The Hall–Kier alpha value is -6.56. The summed E-state index contributed by atoms with van der Waals surface area (Å²) in [4.78, 5) is 9.50. The smallest absolute Gasteiger partial charge is 0.258 e. The van der Waals surface area contributed by atoms with Gasteiger partial charge in [-0.15, -0.1) is 0 Å². The van der Waals surface area contributed by atoms with E-state index in [1.165, 1.54) is 16.7 Å². The van der Waals surface area contributed by atoms with Gasteiger partial charge in [-0.1, -0.05) is 107 Å². The number of hydrogen-bond donors (Lipinski definition) is 2. The van der Waals surface area contributed by atoms with Crippen LogP contribution in [-0.4, -0.2) is 45.6 Å². The Morgan fingerprint density at radius 2 is 1.10 bits per heavy atom. The molecule has 0 saturated heterocycles. The lowest BCUT2D eigenvalue weighted by atomic mass is 9.94. The second-order valence-electron chi connectivity index (χ2n) is 15.4. The maximum absolute atomic E-state index is 11.3. The van der Waals surface area contributed by atoms with Gasteiger partial charge in [0.2, 0.25) is 11.6 Å². The first kappa shape index (κ1) is 41.2. The third kappa shape index (κ3) is 9.43. The molecule has 8 aromatic rings. The zero-order valence-electron chi connectivity index (χ0n) is 35.1. The third-order valence-electron chi connectivity index (χ3n) is 11.0. The minimum absolute atomic E-state index is 0.00347. The lowest BCUT2D eigenvalue weighted by Gasteiger charge is -2.19. The standard InChI is InChI=1S/C51H49N5O5/c1-32-12-6-8-18-43(32)45-22-20-39(27-41(45)30-58-4)50-53-48(55-60-50)37-16-10-14-35(25-37)29-52-34(3)24-47(57)36-15-11-17-38(26-36)49-54-51(61-56-49)40-21-23-46(42(28-40)31-59-5)44-19-9-7-13-33(44)2/h6-23,25-28,34,47,52,57H,24,29-31H2,1-5H3. The van der Waals surface area contributed by atoms with Crippen molar-refractivity contribution in [1.82, 2.24) is 25.6 Å². The SMILES string of the molecule is COCc1cc(-c2nc(-c3cccc(CNC(C)CC(O)c4cccc(-c5noc(-c6ccc(-c7ccccc7C)c(COC)c6)n5)c4)c3)no2)ccc1-c1ccccc1C. The number of rotatable bonds is 16. The van der Waals surface area contributed by atoms with E-state index >= 15 is 0 Å². The Morgan fingerprint density at radius 1 is 0.574 bits per heavy atom. The molecule has 10 nitrogen and oxygen atoms in total. The number of nitrogens with one attached hydrogen (secondary N) is 1. The van der Waals surface area contributed by atoms with Crippen LogP contribution in [0.25, 0.3) is 67.9 Å². The Labute approximate surface area is 356 Å². The largest absolute Gasteiger partial charge is 0.388 e. The normalized spacial score (nSPS) is 12.4. The van der Waals surface area contributed by atoms with Gasteiger partial charge in [-0.2, -0.15) is 9.97 Å². The highest BCUT2D eigenvalue weighted by atomic mass is 16.5. The number of aliphatic hydroxyl groups excluding tert-OH is 1. The molecule has 8 rings (SSSR count). The highest BCUT2D eigenvalue weighted by Crippen LogP contribution is 2.34. The molecule has 2 heterocycles. The number of methoxy groups -OCH3 is 2. The van der Waals surface area contributed by atoms with Crippen molar-refractivity contribution in [2.24, 2.45) is 0 Å². The molecule has 0 bridgehead atoms. The van der Waals surface area contributed by atoms with E-state index in [2.05, 4.69) is 91.0 Å². The molecule has 0 spiro atoms. The van der Waals surface area contributed by atoms with Crippen molar-refractivity contribution in [2.45, 2.75) is 59.1 Å². The van der Waals surface area contributed by atoms with Crippen LogP contribution in [0, 0.1) is 13.8 Å². The molecule has 0 aliphatic heterocycles. The van der Waals surface area contributed by atoms with Gasteiger partial charge in [0.25, 0.3) is 11.8 Å². The van der Waals surface area contributed by atoms with Crippen molar-refractivity contribution in [1.29, 1.82) is 0 Å². The Morgan fingerprint density at radius 3 is 1.64 bits per heavy atom. The summed E-state index contributed by atoms with van der Waals surface area (Å²) >= 11 is 0. The van der Waals surface area contributed by atoms with Gasteiger partial charge in [0.1, 0.15) is 0 Å². The summed E-state index contributed by atoms with van der Waals surface area (Å²) in [6, 6.07) is 44.7. The van der Waals surface area contributed by atoms with E-state index in [0.717, 1.165) is 61.2 Å². The number of aliphatic hydroxyl groups is 1. The minimum Gasteiger partial charge on any atom is -0.388 e. The number of benzene rings is 6. The molecule has 2 atom stereocenters. The topological polar surface area (TPSA) is 129 Å². The first-order valence-corrected chi connectivity index (χ1v) is 20.4. The predicted molar refractivity (Wildman–Crippen MR) is 238 cm³/mol. The van der Waals surface area contributed by atoms with E-state index in [0.29, 0.717) is 49.6 Å². The van der Waals surface area contributed by atoms with E-state index in [4.69, 9.17) is 28.5 Å². The first-order chi connectivity index (χ1) is 29.8. The van der Waals surface area contributed by atoms with Gasteiger partial charge in [-0.3, -0.25) is 0 Å². The molecule has 2 aromatic heterocycles. The van der Waals surface area contributed by atoms with Crippen LogP contribution in [-0.2, 0) is 29.2 Å². The Kier molecular flexibility index (Phi) is 12.7. The van der Waals surface area contributed by atoms with E-state index in [9.17, 15) is 5.11 Å². The maximum Gasteiger partial charge on any atom is 0.258 e. The molecule has 0 aliphatic rings. The van der Waals surface area contributed by atoms with Gasteiger partial charge in [0.05, 0.1) is 19.3 Å². The molecule has 61 heavy (non-hydrogen) atoms. The molecular formula is C51H49N5O5. The quantitative estimate of drug-likeness (QED) is 0.0973. The average Bonchev–Trinajstić information content (AvgIpc) is 3.99. The molecule has 10 heteroatoms. The summed E-state index contributed by atoms with van der Waals surface area (Å²) in [7, 11) is 3.39. The molecular weight excluding hydrogens is 763 g/mol. The lowest BCUT2D eigenvalue weighted by molar-refractivity contribution is 0.154. The van der Waals surface area contributed by atoms with Crippen molar-refractivity contribution in [2.75, 3.05) is 14.2 Å². The monoisotopic (exact) mass is 811 g/mol. The lowest BCUT2D eigenvalue weighted by Crippen LogP contribution is -2.27. The molecule has 0 aliphatic carbocycles. The fourth-order valence-corrected chi connectivity index (χ4v) is 7.75. The zero-order chi connectivity index (χ0) is 42.3. The predicted octanol–water partition coefficient (Wildman–Crippen LogP) is 11.0. The summed E-state index contributed by atoms with van der Waals surface area (Å²) in [5, 5.41) is 23.5. The van der Waals surface area contributed by atoms with Crippen LogP contribution in [0.2, 0.25) is 0 Å². The number of hydrogen-bond acceptors (Lipinski definition) is 10. The van der Waals surface area contributed by atoms with Crippen LogP contribution >= 0.6 is 0 Å². The molecule has 308 valence electrons. The van der Waals surface area contributed by atoms with Crippen LogP contribution in [0.3, 0.4) is 0 Å². The molecule has 6 aromatic carbocycles. The molecule has 0 radical (unpaired) electrons. The van der Waals surface area contributed by atoms with Crippen molar-refractivity contribution in [3.8, 4) is 67.9 Å². The highest BCUT2D eigenvalue weighted by molar-refractivity contribution is 5.75. The number of ether oxygens (including phenoxy) is 2. The van der Waals surface area contributed by atoms with E-state index < -0.39 is 6.10 Å². The maximum atomic E-state index is 11.3. The molecule has 0 saturated carbocycles. The van der Waals surface area contributed by atoms with Crippen molar-refractivity contribution < 1.29 is 23.6 Å². The molecule has 0 fully saturated rings. The molecule has 0 amide bonds. The van der Waals surface area contributed by atoms with Crippen LogP contribution in [0.1, 0.15) is 52.8 Å². The second kappa shape index (κ2) is 18.8. The highest BCUT2D eigenvalue weighted by Gasteiger charge is 2.19. The summed E-state index contributed by atoms with van der Waals surface area (Å²) in [6.45, 7) is 7.78. The minimum atomic E-state index is -0.710. The number of aryl methyl sites for hydroxylation is 2. The van der Waals surface area contributed by atoms with Crippen LogP contribution < -0.4 is 5.32 Å². The van der Waals surface area contributed by atoms with Gasteiger partial charge >= 0.3 is 0 Å². The zero-order valence-corrected chi connectivity index (χ0v) is 35.1. The van der Waals surface area contributed by atoms with Crippen LogP contribution in [0.5, 0.6) is 0 Å². The summed E-state index contributed by atoms with van der Waals surface area (Å²) in [5.41, 5.74) is 14.1. The second-order valence-corrected chi connectivity index (χ2v) is 15.4. The van der Waals surface area contributed by atoms with Gasteiger partial charge < -0.3 is 28.9 Å². The fraction of sp³-hybridized carbons (Fsp3) is 0.216. The fourth-order valence-electron chi connectivity index (χ4n) is 7.75. The summed E-state index contributed by atoms with van der Waals surface area (Å²) in [6.07, 6.45) is -0.211. The van der Waals surface area contributed by atoms with Crippen molar-refractivity contribution in [3.05, 3.63) is 167 Å². The molecule has 2 N–H and O–H groups in total. The van der Waals surface area contributed by atoms with Gasteiger partial charge in [-0.05, 0) is 119 Å². The van der Waals surface area contributed by atoms with Crippen molar-refractivity contribution >= 4 is 0 Å². The van der Waals surface area contributed by atoms with E-state index in [1.807, 2.05) is 78.9 Å². The van der Waals surface area contributed by atoms with Gasteiger partial charge in [0.15, 0.2) is 0 Å². The summed E-state index contributed by atoms with van der Waals surface area (Å²) in [5.74, 6) is 1.82. The third-order valence-corrected chi connectivity index (χ3v) is 11.0. The van der Waals surface area contributed by atoms with E-state index in [-0.39, 0.29) is 6.04 Å². The van der Waals surface area contributed by atoms with Crippen molar-refractivity contribution in [3.63, 3.8) is 0 Å².